The molecule has 0 aromatic heterocycles. The van der Waals surface area contributed by atoms with Gasteiger partial charge >= 0.3 is 0 Å². The topological polar surface area (TPSA) is 30.5 Å². The summed E-state index contributed by atoms with van der Waals surface area (Å²) in [5, 5.41) is 3.34. The van der Waals surface area contributed by atoms with Crippen molar-refractivity contribution in [2.24, 2.45) is 0 Å². The first-order chi connectivity index (χ1) is 8.86. The van der Waals surface area contributed by atoms with Crippen LogP contribution in [0.2, 0.25) is 0 Å². The molecule has 18 heavy (non-hydrogen) atoms. The zero-order chi connectivity index (χ0) is 13.1. The van der Waals surface area contributed by atoms with Gasteiger partial charge in [-0.25, -0.2) is 0 Å². The largest absolute Gasteiger partial charge is 0.494 e. The Morgan fingerprint density at radius 2 is 1.83 bits per heavy atom. The third kappa shape index (κ3) is 6.62. The van der Waals surface area contributed by atoms with Crippen molar-refractivity contribution in [1.29, 1.82) is 0 Å². The predicted molar refractivity (Wildman–Crippen MR) is 75.0 cm³/mol. The Kier molecular flexibility index (Phi) is 8.26. The van der Waals surface area contributed by atoms with Crippen molar-refractivity contribution in [3.05, 3.63) is 29.8 Å². The molecule has 0 bridgehead atoms. The van der Waals surface area contributed by atoms with Gasteiger partial charge in [0, 0.05) is 19.7 Å². The van der Waals surface area contributed by atoms with E-state index in [1.165, 1.54) is 12.0 Å². The molecule has 3 heteroatoms. The van der Waals surface area contributed by atoms with Crippen LogP contribution in [-0.4, -0.2) is 26.4 Å². The molecule has 0 spiro atoms. The maximum Gasteiger partial charge on any atom is 0.119 e. The standard InChI is InChI=1S/C15H25NO2/c1-3-5-11-18-15-8-6-14(7-9-15)13-16-10-12-17-4-2/h6-9,16H,3-5,10-13H2,1-2H3. The lowest BCUT2D eigenvalue weighted by Crippen LogP contribution is -2.19. The van der Waals surface area contributed by atoms with Gasteiger partial charge in [-0.05, 0) is 31.0 Å². The van der Waals surface area contributed by atoms with Crippen molar-refractivity contribution in [1.82, 2.24) is 5.32 Å². The van der Waals surface area contributed by atoms with Crippen molar-refractivity contribution in [3.63, 3.8) is 0 Å². The van der Waals surface area contributed by atoms with Gasteiger partial charge in [0.1, 0.15) is 5.75 Å². The van der Waals surface area contributed by atoms with Crippen LogP contribution in [0.4, 0.5) is 0 Å². The summed E-state index contributed by atoms with van der Waals surface area (Å²) >= 11 is 0. The summed E-state index contributed by atoms with van der Waals surface area (Å²) in [4.78, 5) is 0. The van der Waals surface area contributed by atoms with Crippen molar-refractivity contribution >= 4 is 0 Å². The van der Waals surface area contributed by atoms with Gasteiger partial charge in [-0.15, -0.1) is 0 Å². The van der Waals surface area contributed by atoms with Gasteiger partial charge in [-0.2, -0.15) is 0 Å². The molecule has 0 heterocycles. The van der Waals surface area contributed by atoms with Gasteiger partial charge in [0.05, 0.1) is 13.2 Å². The number of ether oxygens (including phenoxy) is 2. The second kappa shape index (κ2) is 9.92. The first-order valence-electron chi connectivity index (χ1n) is 6.87. The molecular formula is C15H25NO2. The van der Waals surface area contributed by atoms with E-state index >= 15 is 0 Å². The minimum Gasteiger partial charge on any atom is -0.494 e. The Morgan fingerprint density at radius 3 is 2.50 bits per heavy atom. The zero-order valence-corrected chi connectivity index (χ0v) is 11.6. The Labute approximate surface area is 110 Å². The number of benzene rings is 1. The highest BCUT2D eigenvalue weighted by atomic mass is 16.5. The van der Waals surface area contributed by atoms with Crippen LogP contribution in [0.25, 0.3) is 0 Å². The average Bonchev–Trinajstić information content (AvgIpc) is 2.40. The lowest BCUT2D eigenvalue weighted by atomic mass is 10.2. The molecule has 0 fully saturated rings. The van der Waals surface area contributed by atoms with Gasteiger partial charge in [-0.3, -0.25) is 0 Å². The molecule has 1 aromatic carbocycles. The second-order valence-corrected chi connectivity index (χ2v) is 4.22. The summed E-state index contributed by atoms with van der Waals surface area (Å²) < 4.78 is 10.9. The molecule has 0 amide bonds. The van der Waals surface area contributed by atoms with E-state index in [4.69, 9.17) is 9.47 Å². The average molecular weight is 251 g/mol. The SMILES string of the molecule is CCCCOc1ccc(CNCCOCC)cc1. The molecular weight excluding hydrogens is 226 g/mol. The molecule has 0 radical (unpaired) electrons. The molecule has 1 N–H and O–H groups in total. The molecule has 0 unspecified atom stereocenters. The van der Waals surface area contributed by atoms with E-state index in [2.05, 4.69) is 24.4 Å². The van der Waals surface area contributed by atoms with Crippen LogP contribution in [0.5, 0.6) is 5.75 Å². The lowest BCUT2D eigenvalue weighted by molar-refractivity contribution is 0.149. The first-order valence-corrected chi connectivity index (χ1v) is 6.87. The normalized spacial score (nSPS) is 10.6. The van der Waals surface area contributed by atoms with E-state index in [0.29, 0.717) is 0 Å². The first kappa shape index (κ1) is 15.0. The van der Waals surface area contributed by atoms with Crippen molar-refractivity contribution in [2.75, 3.05) is 26.4 Å². The maximum atomic E-state index is 5.62. The quantitative estimate of drug-likeness (QED) is 0.648. The zero-order valence-electron chi connectivity index (χ0n) is 11.6. The molecule has 0 aliphatic carbocycles. The molecule has 3 nitrogen and oxygen atoms in total. The van der Waals surface area contributed by atoms with E-state index in [-0.39, 0.29) is 0 Å². The van der Waals surface area contributed by atoms with Crippen molar-refractivity contribution in [2.45, 2.75) is 33.2 Å². The van der Waals surface area contributed by atoms with Gasteiger partial charge < -0.3 is 14.8 Å². The van der Waals surface area contributed by atoms with E-state index < -0.39 is 0 Å². The van der Waals surface area contributed by atoms with Crippen molar-refractivity contribution < 1.29 is 9.47 Å². The van der Waals surface area contributed by atoms with Gasteiger partial charge in [0.15, 0.2) is 0 Å². The molecule has 0 aliphatic heterocycles. The molecule has 1 rings (SSSR count). The van der Waals surface area contributed by atoms with Crippen LogP contribution in [0, 0.1) is 0 Å². The summed E-state index contributed by atoms with van der Waals surface area (Å²) in [7, 11) is 0. The minimum absolute atomic E-state index is 0.773. The molecule has 1 aromatic rings. The molecule has 0 aliphatic rings. The number of hydrogen-bond donors (Lipinski definition) is 1. The predicted octanol–water partition coefficient (Wildman–Crippen LogP) is 2.99. The molecule has 102 valence electrons. The smallest absolute Gasteiger partial charge is 0.119 e. The summed E-state index contributed by atoms with van der Waals surface area (Å²) in [6, 6.07) is 8.29. The molecule has 0 atom stereocenters. The van der Waals surface area contributed by atoms with Crippen LogP contribution in [0.1, 0.15) is 32.3 Å². The third-order valence-electron chi connectivity index (χ3n) is 2.65. The van der Waals surface area contributed by atoms with E-state index in [1.54, 1.807) is 0 Å². The fourth-order valence-corrected chi connectivity index (χ4v) is 1.56. The van der Waals surface area contributed by atoms with Crippen LogP contribution in [0.15, 0.2) is 24.3 Å². The number of unbranched alkanes of at least 4 members (excludes halogenated alkanes) is 1. The van der Waals surface area contributed by atoms with Gasteiger partial charge in [0.2, 0.25) is 0 Å². The highest BCUT2D eigenvalue weighted by Gasteiger charge is 1.95. The van der Waals surface area contributed by atoms with Crippen LogP contribution >= 0.6 is 0 Å². The third-order valence-corrected chi connectivity index (χ3v) is 2.65. The highest BCUT2D eigenvalue weighted by molar-refractivity contribution is 5.27. The maximum absolute atomic E-state index is 5.62. The summed E-state index contributed by atoms with van der Waals surface area (Å²) in [5.74, 6) is 0.960. The Balaban J connectivity index is 2.19. The number of rotatable bonds is 10. The van der Waals surface area contributed by atoms with Crippen LogP contribution < -0.4 is 10.1 Å². The fourth-order valence-electron chi connectivity index (χ4n) is 1.56. The summed E-state index contributed by atoms with van der Waals surface area (Å²) in [6.07, 6.45) is 2.28. The van der Waals surface area contributed by atoms with E-state index in [1.807, 2.05) is 19.1 Å². The Bertz CT molecular complexity index is 298. The van der Waals surface area contributed by atoms with Crippen molar-refractivity contribution in [3.8, 4) is 5.75 Å². The Hall–Kier alpha value is -1.06. The lowest BCUT2D eigenvalue weighted by Gasteiger charge is -2.07. The monoisotopic (exact) mass is 251 g/mol. The highest BCUT2D eigenvalue weighted by Crippen LogP contribution is 2.12. The van der Waals surface area contributed by atoms with Crippen LogP contribution in [-0.2, 0) is 11.3 Å². The number of hydrogen-bond acceptors (Lipinski definition) is 3. The molecule has 0 saturated heterocycles. The Morgan fingerprint density at radius 1 is 1.06 bits per heavy atom. The van der Waals surface area contributed by atoms with Gasteiger partial charge in [-0.1, -0.05) is 25.5 Å². The number of nitrogens with one attached hydrogen (secondary N) is 1. The van der Waals surface area contributed by atoms with Crippen LogP contribution in [0.3, 0.4) is 0 Å². The second-order valence-electron chi connectivity index (χ2n) is 4.22. The van der Waals surface area contributed by atoms with Gasteiger partial charge in [0.25, 0.3) is 0 Å². The molecule has 0 saturated carbocycles. The fraction of sp³-hybridized carbons (Fsp3) is 0.600. The van der Waals surface area contributed by atoms with E-state index in [0.717, 1.165) is 45.1 Å². The summed E-state index contributed by atoms with van der Waals surface area (Å²) in [6.45, 7) is 8.31. The summed E-state index contributed by atoms with van der Waals surface area (Å²) in [5.41, 5.74) is 1.27. The minimum atomic E-state index is 0.773. The van der Waals surface area contributed by atoms with E-state index in [9.17, 15) is 0 Å².